The van der Waals surface area contributed by atoms with Crippen molar-refractivity contribution in [2.75, 3.05) is 6.61 Å². The predicted molar refractivity (Wildman–Crippen MR) is 74.9 cm³/mol. The Kier molecular flexibility index (Phi) is 4.06. The standard InChI is InChI=1S/C15H19FN2O2/c1-4-15(5-2,14(19)20-6-3)13-17-11-8-7-10(16)9-12(11)18-13/h7-9H,4-6H2,1-3H3,(H,17,18). The van der Waals surface area contributed by atoms with Crippen LogP contribution in [0.15, 0.2) is 18.2 Å². The minimum atomic E-state index is -0.800. The first-order valence-corrected chi connectivity index (χ1v) is 6.90. The molecule has 1 heterocycles. The molecular formula is C15H19FN2O2. The molecule has 5 heteroatoms. The van der Waals surface area contributed by atoms with Crippen LogP contribution in [0.25, 0.3) is 11.0 Å². The zero-order valence-corrected chi connectivity index (χ0v) is 12.0. The van der Waals surface area contributed by atoms with Gasteiger partial charge in [-0.3, -0.25) is 4.79 Å². The van der Waals surface area contributed by atoms with Crippen molar-refractivity contribution in [2.24, 2.45) is 0 Å². The van der Waals surface area contributed by atoms with E-state index in [0.29, 0.717) is 36.3 Å². The van der Waals surface area contributed by atoms with Gasteiger partial charge < -0.3 is 9.72 Å². The molecule has 1 aromatic heterocycles. The van der Waals surface area contributed by atoms with Gasteiger partial charge in [0.25, 0.3) is 0 Å². The van der Waals surface area contributed by atoms with Crippen molar-refractivity contribution in [3.8, 4) is 0 Å². The van der Waals surface area contributed by atoms with Crippen LogP contribution in [0, 0.1) is 5.82 Å². The topological polar surface area (TPSA) is 55.0 Å². The molecule has 0 radical (unpaired) electrons. The lowest BCUT2D eigenvalue weighted by Crippen LogP contribution is -2.37. The van der Waals surface area contributed by atoms with Crippen LogP contribution < -0.4 is 0 Å². The van der Waals surface area contributed by atoms with E-state index < -0.39 is 5.41 Å². The van der Waals surface area contributed by atoms with E-state index in [9.17, 15) is 9.18 Å². The maximum Gasteiger partial charge on any atom is 0.319 e. The molecule has 0 atom stereocenters. The number of hydrogen-bond donors (Lipinski definition) is 1. The number of halogens is 1. The number of carbonyl (C=O) groups excluding carboxylic acids is 1. The van der Waals surface area contributed by atoms with Crippen molar-refractivity contribution < 1.29 is 13.9 Å². The van der Waals surface area contributed by atoms with E-state index in [2.05, 4.69) is 9.97 Å². The zero-order valence-electron chi connectivity index (χ0n) is 12.0. The normalized spacial score (nSPS) is 11.8. The molecule has 20 heavy (non-hydrogen) atoms. The molecule has 0 aliphatic heterocycles. The van der Waals surface area contributed by atoms with E-state index in [1.165, 1.54) is 12.1 Å². The van der Waals surface area contributed by atoms with Gasteiger partial charge in [0.05, 0.1) is 17.6 Å². The lowest BCUT2D eigenvalue weighted by atomic mass is 9.81. The molecule has 0 spiro atoms. The van der Waals surface area contributed by atoms with Gasteiger partial charge in [-0.15, -0.1) is 0 Å². The Morgan fingerprint density at radius 2 is 2.05 bits per heavy atom. The number of nitrogens with zero attached hydrogens (tertiary/aromatic N) is 1. The SMILES string of the molecule is CCOC(=O)C(CC)(CC)c1nc2ccc(F)cc2[nH]1. The molecular weight excluding hydrogens is 259 g/mol. The van der Waals surface area contributed by atoms with Crippen LogP contribution in [0.5, 0.6) is 0 Å². The summed E-state index contributed by atoms with van der Waals surface area (Å²) in [5.74, 6) is -0.0755. The number of hydrogen-bond acceptors (Lipinski definition) is 3. The molecule has 108 valence electrons. The second kappa shape index (κ2) is 5.61. The molecule has 0 bridgehead atoms. The Morgan fingerprint density at radius 1 is 1.35 bits per heavy atom. The third-order valence-electron chi connectivity index (χ3n) is 3.77. The van der Waals surface area contributed by atoms with Gasteiger partial charge in [0.15, 0.2) is 0 Å². The predicted octanol–water partition coefficient (Wildman–Crippen LogP) is 3.32. The third-order valence-corrected chi connectivity index (χ3v) is 3.77. The van der Waals surface area contributed by atoms with Crippen LogP contribution in [0.4, 0.5) is 4.39 Å². The summed E-state index contributed by atoms with van der Waals surface area (Å²) >= 11 is 0. The fourth-order valence-electron chi connectivity index (χ4n) is 2.45. The Hall–Kier alpha value is -1.91. The molecule has 1 N–H and O–H groups in total. The molecule has 1 aromatic carbocycles. The number of carbonyl (C=O) groups is 1. The zero-order chi connectivity index (χ0) is 14.8. The first kappa shape index (κ1) is 14.5. The van der Waals surface area contributed by atoms with Gasteiger partial charge >= 0.3 is 5.97 Å². The van der Waals surface area contributed by atoms with Crippen LogP contribution in [0.2, 0.25) is 0 Å². The lowest BCUT2D eigenvalue weighted by molar-refractivity contribution is -0.150. The van der Waals surface area contributed by atoms with E-state index >= 15 is 0 Å². The fourth-order valence-corrected chi connectivity index (χ4v) is 2.45. The van der Waals surface area contributed by atoms with E-state index in [-0.39, 0.29) is 11.8 Å². The van der Waals surface area contributed by atoms with Crippen molar-refractivity contribution in [1.29, 1.82) is 0 Å². The van der Waals surface area contributed by atoms with Crippen molar-refractivity contribution in [3.63, 3.8) is 0 Å². The Morgan fingerprint density at radius 3 is 2.65 bits per heavy atom. The van der Waals surface area contributed by atoms with Crippen molar-refractivity contribution in [2.45, 2.75) is 39.0 Å². The first-order valence-electron chi connectivity index (χ1n) is 6.90. The van der Waals surface area contributed by atoms with Gasteiger partial charge in [-0.2, -0.15) is 0 Å². The molecule has 2 rings (SSSR count). The van der Waals surface area contributed by atoms with Crippen LogP contribution in [0.1, 0.15) is 39.4 Å². The number of aromatic amines is 1. The van der Waals surface area contributed by atoms with E-state index in [4.69, 9.17) is 4.74 Å². The molecule has 0 aliphatic carbocycles. The summed E-state index contributed by atoms with van der Waals surface area (Å²) in [6, 6.07) is 4.34. The highest BCUT2D eigenvalue weighted by atomic mass is 19.1. The minimum Gasteiger partial charge on any atom is -0.465 e. The first-order chi connectivity index (χ1) is 9.57. The number of imidazole rings is 1. The molecule has 2 aromatic rings. The second-order valence-electron chi connectivity index (χ2n) is 4.76. The van der Waals surface area contributed by atoms with Crippen LogP contribution in [-0.4, -0.2) is 22.5 Å². The quantitative estimate of drug-likeness (QED) is 0.853. The number of benzene rings is 1. The van der Waals surface area contributed by atoms with Gasteiger partial charge in [-0.1, -0.05) is 13.8 Å². The van der Waals surface area contributed by atoms with Crippen molar-refractivity contribution >= 4 is 17.0 Å². The highest BCUT2D eigenvalue weighted by molar-refractivity contribution is 5.84. The van der Waals surface area contributed by atoms with Gasteiger partial charge in [0.1, 0.15) is 17.1 Å². The fraction of sp³-hybridized carbons (Fsp3) is 0.467. The molecule has 0 unspecified atom stereocenters. The Balaban J connectivity index is 2.53. The number of H-pyrrole nitrogens is 1. The number of nitrogens with one attached hydrogen (secondary N) is 1. The molecule has 0 saturated heterocycles. The average molecular weight is 278 g/mol. The van der Waals surface area contributed by atoms with Crippen LogP contribution >= 0.6 is 0 Å². The van der Waals surface area contributed by atoms with Crippen LogP contribution in [0.3, 0.4) is 0 Å². The van der Waals surface area contributed by atoms with Gasteiger partial charge in [-0.05, 0) is 38.0 Å². The summed E-state index contributed by atoms with van der Waals surface area (Å²) in [6.07, 6.45) is 1.15. The number of ether oxygens (including phenoxy) is 1. The monoisotopic (exact) mass is 278 g/mol. The van der Waals surface area contributed by atoms with Gasteiger partial charge in [0, 0.05) is 0 Å². The highest BCUT2D eigenvalue weighted by Gasteiger charge is 2.41. The van der Waals surface area contributed by atoms with Gasteiger partial charge in [0.2, 0.25) is 0 Å². The van der Waals surface area contributed by atoms with Gasteiger partial charge in [-0.25, -0.2) is 9.37 Å². The number of aromatic nitrogens is 2. The minimum absolute atomic E-state index is 0.287. The Labute approximate surface area is 117 Å². The maximum absolute atomic E-state index is 13.2. The summed E-state index contributed by atoms with van der Waals surface area (Å²) in [6.45, 7) is 5.96. The van der Waals surface area contributed by atoms with Crippen molar-refractivity contribution in [1.82, 2.24) is 9.97 Å². The summed E-state index contributed by atoms with van der Waals surface area (Å²) < 4.78 is 18.4. The summed E-state index contributed by atoms with van der Waals surface area (Å²) in [4.78, 5) is 19.8. The second-order valence-corrected chi connectivity index (χ2v) is 4.76. The molecule has 0 amide bonds. The van der Waals surface area contributed by atoms with Crippen molar-refractivity contribution in [3.05, 3.63) is 29.8 Å². The average Bonchev–Trinajstić information content (AvgIpc) is 2.84. The lowest BCUT2D eigenvalue weighted by Gasteiger charge is -2.26. The number of fused-ring (bicyclic) bond motifs is 1. The van der Waals surface area contributed by atoms with E-state index in [1.54, 1.807) is 13.0 Å². The number of rotatable bonds is 5. The van der Waals surface area contributed by atoms with E-state index in [1.807, 2.05) is 13.8 Å². The molecule has 0 fully saturated rings. The molecule has 4 nitrogen and oxygen atoms in total. The third kappa shape index (κ3) is 2.28. The molecule has 0 aliphatic rings. The summed E-state index contributed by atoms with van der Waals surface area (Å²) in [7, 11) is 0. The maximum atomic E-state index is 13.2. The smallest absolute Gasteiger partial charge is 0.319 e. The summed E-state index contributed by atoms with van der Waals surface area (Å²) in [5, 5.41) is 0. The Bertz CT molecular complexity index is 617. The summed E-state index contributed by atoms with van der Waals surface area (Å²) in [5.41, 5.74) is 0.443. The van der Waals surface area contributed by atoms with Crippen LogP contribution in [-0.2, 0) is 14.9 Å². The largest absolute Gasteiger partial charge is 0.465 e. The number of esters is 1. The molecule has 0 saturated carbocycles. The highest BCUT2D eigenvalue weighted by Crippen LogP contribution is 2.32. The van der Waals surface area contributed by atoms with E-state index in [0.717, 1.165) is 0 Å².